The zero-order chi connectivity index (χ0) is 15.6. The van der Waals surface area contributed by atoms with Crippen molar-refractivity contribution in [1.82, 2.24) is 14.7 Å². The van der Waals surface area contributed by atoms with Crippen molar-refractivity contribution in [1.29, 1.82) is 0 Å². The van der Waals surface area contributed by atoms with E-state index in [0.717, 1.165) is 5.69 Å². The first kappa shape index (κ1) is 15.5. The highest BCUT2D eigenvalue weighted by atomic mass is 16.4. The Morgan fingerprint density at radius 2 is 2.00 bits per heavy atom. The van der Waals surface area contributed by atoms with Crippen LogP contribution in [0.5, 0.6) is 0 Å². The van der Waals surface area contributed by atoms with Crippen LogP contribution in [0.25, 0.3) is 0 Å². The molecule has 1 fully saturated rings. The van der Waals surface area contributed by atoms with Crippen LogP contribution in [0, 0.1) is 5.92 Å². The second-order valence-corrected chi connectivity index (χ2v) is 5.83. The van der Waals surface area contributed by atoms with E-state index in [1.165, 1.54) is 0 Å². The van der Waals surface area contributed by atoms with Crippen LogP contribution in [-0.4, -0.2) is 44.8 Å². The van der Waals surface area contributed by atoms with Gasteiger partial charge in [-0.2, -0.15) is 5.10 Å². The number of carboxylic acid groups (broad SMARTS) is 1. The van der Waals surface area contributed by atoms with E-state index in [1.807, 2.05) is 13.0 Å². The van der Waals surface area contributed by atoms with Gasteiger partial charge in [-0.1, -0.05) is 13.8 Å². The minimum Gasteiger partial charge on any atom is -0.481 e. The summed E-state index contributed by atoms with van der Waals surface area (Å²) in [5, 5.41) is 13.5. The third kappa shape index (κ3) is 3.25. The number of amides is 1. The third-order valence-electron chi connectivity index (χ3n) is 4.04. The average molecular weight is 293 g/mol. The van der Waals surface area contributed by atoms with Gasteiger partial charge in [-0.25, -0.2) is 0 Å². The lowest BCUT2D eigenvalue weighted by Crippen LogP contribution is -2.41. The fourth-order valence-corrected chi connectivity index (χ4v) is 2.62. The molecule has 0 aliphatic carbocycles. The average Bonchev–Trinajstić information content (AvgIpc) is 2.91. The van der Waals surface area contributed by atoms with Crippen molar-refractivity contribution >= 4 is 11.9 Å². The molecule has 0 saturated carbocycles. The first-order chi connectivity index (χ1) is 9.93. The van der Waals surface area contributed by atoms with E-state index in [4.69, 9.17) is 5.11 Å². The molecule has 0 radical (unpaired) electrons. The summed E-state index contributed by atoms with van der Waals surface area (Å²) < 4.78 is 1.74. The molecular formula is C15H23N3O3. The molecule has 116 valence electrons. The number of likely N-dealkylation sites (tertiary alicyclic amines) is 1. The van der Waals surface area contributed by atoms with E-state index in [2.05, 4.69) is 18.9 Å². The molecule has 1 aromatic heterocycles. The summed E-state index contributed by atoms with van der Waals surface area (Å²) in [6, 6.07) is 1.86. The number of carboxylic acids is 1. The quantitative estimate of drug-likeness (QED) is 0.920. The van der Waals surface area contributed by atoms with Crippen molar-refractivity contribution in [3.05, 3.63) is 17.5 Å². The van der Waals surface area contributed by atoms with Gasteiger partial charge >= 0.3 is 5.97 Å². The fraction of sp³-hybridized carbons (Fsp3) is 0.667. The predicted octanol–water partition coefficient (Wildman–Crippen LogP) is 1.96. The molecule has 0 spiro atoms. The molecule has 21 heavy (non-hydrogen) atoms. The van der Waals surface area contributed by atoms with Gasteiger partial charge in [-0.15, -0.1) is 0 Å². The Labute approximate surface area is 124 Å². The Morgan fingerprint density at radius 3 is 2.48 bits per heavy atom. The Bertz CT molecular complexity index is 528. The second kappa shape index (κ2) is 6.28. The molecule has 0 unspecified atom stereocenters. The van der Waals surface area contributed by atoms with Crippen molar-refractivity contribution in [3.8, 4) is 0 Å². The maximum absolute atomic E-state index is 12.6. The molecule has 1 N–H and O–H groups in total. The zero-order valence-electron chi connectivity index (χ0n) is 12.9. The van der Waals surface area contributed by atoms with E-state index in [-0.39, 0.29) is 17.7 Å². The van der Waals surface area contributed by atoms with Gasteiger partial charge in [0.15, 0.2) is 0 Å². The Balaban J connectivity index is 2.12. The van der Waals surface area contributed by atoms with Crippen LogP contribution in [0.1, 0.15) is 55.7 Å². The summed E-state index contributed by atoms with van der Waals surface area (Å²) in [5.74, 6) is -0.846. The van der Waals surface area contributed by atoms with Gasteiger partial charge in [0.1, 0.15) is 5.69 Å². The molecule has 0 aromatic carbocycles. The predicted molar refractivity (Wildman–Crippen MR) is 78.3 cm³/mol. The number of carbonyl (C=O) groups is 2. The summed E-state index contributed by atoms with van der Waals surface area (Å²) in [6.07, 6.45) is 1.05. The number of aryl methyl sites for hydroxylation is 1. The molecule has 2 rings (SSSR count). The first-order valence-electron chi connectivity index (χ1n) is 7.53. The van der Waals surface area contributed by atoms with E-state index in [1.54, 1.807) is 9.58 Å². The number of rotatable bonds is 4. The number of piperidine rings is 1. The lowest BCUT2D eigenvalue weighted by atomic mass is 9.97. The van der Waals surface area contributed by atoms with Crippen LogP contribution in [-0.2, 0) is 11.3 Å². The lowest BCUT2D eigenvalue weighted by molar-refractivity contribution is -0.143. The fourth-order valence-electron chi connectivity index (χ4n) is 2.62. The Kier molecular flexibility index (Phi) is 4.65. The van der Waals surface area contributed by atoms with Gasteiger partial charge in [-0.05, 0) is 31.7 Å². The molecule has 0 atom stereocenters. The van der Waals surface area contributed by atoms with Crippen molar-refractivity contribution in [2.45, 2.75) is 46.1 Å². The Morgan fingerprint density at radius 1 is 1.38 bits per heavy atom. The second-order valence-electron chi connectivity index (χ2n) is 5.83. The van der Waals surface area contributed by atoms with E-state index >= 15 is 0 Å². The molecule has 1 aliphatic rings. The molecule has 6 nitrogen and oxygen atoms in total. The summed E-state index contributed by atoms with van der Waals surface area (Å²) in [4.78, 5) is 25.3. The molecule has 1 aromatic rings. The number of hydrogen-bond acceptors (Lipinski definition) is 3. The van der Waals surface area contributed by atoms with Crippen LogP contribution in [0.4, 0.5) is 0 Å². The summed E-state index contributed by atoms with van der Waals surface area (Å²) >= 11 is 0. The lowest BCUT2D eigenvalue weighted by Gasteiger charge is -2.30. The van der Waals surface area contributed by atoms with Crippen LogP contribution in [0.2, 0.25) is 0 Å². The van der Waals surface area contributed by atoms with Crippen molar-refractivity contribution in [3.63, 3.8) is 0 Å². The van der Waals surface area contributed by atoms with Crippen LogP contribution in [0.15, 0.2) is 6.07 Å². The van der Waals surface area contributed by atoms with Gasteiger partial charge in [0.2, 0.25) is 0 Å². The molecular weight excluding hydrogens is 270 g/mol. The maximum Gasteiger partial charge on any atom is 0.306 e. The van der Waals surface area contributed by atoms with Crippen molar-refractivity contribution < 1.29 is 14.7 Å². The van der Waals surface area contributed by atoms with Gasteiger partial charge in [0, 0.05) is 19.6 Å². The molecule has 2 heterocycles. The minimum absolute atomic E-state index is 0.0416. The topological polar surface area (TPSA) is 75.4 Å². The van der Waals surface area contributed by atoms with Gasteiger partial charge in [-0.3, -0.25) is 14.3 Å². The van der Waals surface area contributed by atoms with Crippen LogP contribution < -0.4 is 0 Å². The SMILES string of the molecule is CCn1nc(C(C)C)cc1C(=O)N1CCC(C(=O)O)CC1. The monoisotopic (exact) mass is 293 g/mol. The van der Waals surface area contributed by atoms with Crippen LogP contribution in [0.3, 0.4) is 0 Å². The summed E-state index contributed by atoms with van der Waals surface area (Å²) in [5.41, 5.74) is 1.52. The normalized spacial score (nSPS) is 16.5. The highest BCUT2D eigenvalue weighted by molar-refractivity contribution is 5.93. The molecule has 6 heteroatoms. The van der Waals surface area contributed by atoms with E-state index in [9.17, 15) is 9.59 Å². The van der Waals surface area contributed by atoms with E-state index in [0.29, 0.717) is 38.2 Å². The highest BCUT2D eigenvalue weighted by Crippen LogP contribution is 2.21. The molecule has 1 aliphatic heterocycles. The number of carbonyl (C=O) groups excluding carboxylic acids is 1. The van der Waals surface area contributed by atoms with Gasteiger partial charge in [0.05, 0.1) is 11.6 Å². The first-order valence-corrected chi connectivity index (χ1v) is 7.53. The Hall–Kier alpha value is -1.85. The highest BCUT2D eigenvalue weighted by Gasteiger charge is 2.29. The molecule has 1 saturated heterocycles. The van der Waals surface area contributed by atoms with Gasteiger partial charge in [0.25, 0.3) is 5.91 Å². The maximum atomic E-state index is 12.6. The van der Waals surface area contributed by atoms with Crippen LogP contribution >= 0.6 is 0 Å². The van der Waals surface area contributed by atoms with Crippen molar-refractivity contribution in [2.75, 3.05) is 13.1 Å². The van der Waals surface area contributed by atoms with Crippen molar-refractivity contribution in [2.24, 2.45) is 5.92 Å². The third-order valence-corrected chi connectivity index (χ3v) is 4.04. The molecule has 1 amide bonds. The van der Waals surface area contributed by atoms with E-state index < -0.39 is 5.97 Å². The van der Waals surface area contributed by atoms with Gasteiger partial charge < -0.3 is 10.0 Å². The number of aromatic nitrogens is 2. The summed E-state index contributed by atoms with van der Waals surface area (Å²) in [6.45, 7) is 7.72. The number of nitrogens with zero attached hydrogens (tertiary/aromatic N) is 3. The smallest absolute Gasteiger partial charge is 0.306 e. The largest absolute Gasteiger partial charge is 0.481 e. The minimum atomic E-state index is -0.761. The molecule has 0 bridgehead atoms. The summed E-state index contributed by atoms with van der Waals surface area (Å²) in [7, 11) is 0. The number of hydrogen-bond donors (Lipinski definition) is 1. The number of aliphatic carboxylic acids is 1. The standard InChI is InChI=1S/C15H23N3O3/c1-4-18-13(9-12(16-18)10(2)3)14(19)17-7-5-11(6-8-17)15(20)21/h9-11H,4-8H2,1-3H3,(H,20,21). The zero-order valence-corrected chi connectivity index (χ0v) is 12.9.